The minimum atomic E-state index is -0.354. The molecule has 84 valence electrons. The largest absolute Gasteiger partial charge is 0.319 e. The van der Waals surface area contributed by atoms with Crippen molar-refractivity contribution in [3.63, 3.8) is 0 Å². The molecule has 0 aliphatic carbocycles. The van der Waals surface area contributed by atoms with Gasteiger partial charge < -0.3 is 5.32 Å². The molecule has 0 heterocycles. The predicted octanol–water partition coefficient (Wildman–Crippen LogP) is 3.44. The van der Waals surface area contributed by atoms with E-state index in [9.17, 15) is 4.39 Å². The highest BCUT2D eigenvalue weighted by Crippen LogP contribution is 2.27. The Labute approximate surface area is 95.6 Å². The molecule has 0 spiro atoms. The Morgan fingerprint density at radius 3 is 2.53 bits per heavy atom. The monoisotopic (exact) mass is 229 g/mol. The van der Waals surface area contributed by atoms with Crippen molar-refractivity contribution in [3.8, 4) is 0 Å². The molecular formula is C12H17ClFN. The SMILES string of the molecule is CNCC(c1ccc(F)c(Cl)c1)C(C)C. The fourth-order valence-electron chi connectivity index (χ4n) is 1.70. The van der Waals surface area contributed by atoms with E-state index in [-0.39, 0.29) is 10.8 Å². The lowest BCUT2D eigenvalue weighted by atomic mass is 9.88. The quantitative estimate of drug-likeness (QED) is 0.834. The number of halogens is 2. The van der Waals surface area contributed by atoms with Gasteiger partial charge in [-0.2, -0.15) is 0 Å². The number of nitrogens with one attached hydrogen (secondary N) is 1. The molecule has 0 aliphatic rings. The van der Waals surface area contributed by atoms with Crippen molar-refractivity contribution in [2.24, 2.45) is 5.92 Å². The van der Waals surface area contributed by atoms with Crippen molar-refractivity contribution in [1.82, 2.24) is 5.32 Å². The number of hydrogen-bond acceptors (Lipinski definition) is 1. The number of benzene rings is 1. The first-order chi connectivity index (χ1) is 7.06. The third kappa shape index (κ3) is 3.18. The summed E-state index contributed by atoms with van der Waals surface area (Å²) in [5.74, 6) is 0.513. The van der Waals surface area contributed by atoms with E-state index in [1.807, 2.05) is 13.1 Å². The molecule has 0 saturated heterocycles. The van der Waals surface area contributed by atoms with Crippen LogP contribution in [-0.4, -0.2) is 13.6 Å². The third-order valence-electron chi connectivity index (χ3n) is 2.60. The molecule has 0 radical (unpaired) electrons. The topological polar surface area (TPSA) is 12.0 Å². The Morgan fingerprint density at radius 1 is 1.40 bits per heavy atom. The maximum atomic E-state index is 13.0. The first-order valence-electron chi connectivity index (χ1n) is 5.15. The Kier molecular flexibility index (Phi) is 4.55. The van der Waals surface area contributed by atoms with Crippen molar-refractivity contribution in [3.05, 3.63) is 34.6 Å². The predicted molar refractivity (Wildman–Crippen MR) is 62.9 cm³/mol. The van der Waals surface area contributed by atoms with Gasteiger partial charge in [0.2, 0.25) is 0 Å². The molecule has 3 heteroatoms. The van der Waals surface area contributed by atoms with Crippen LogP contribution in [0.4, 0.5) is 4.39 Å². The summed E-state index contributed by atoms with van der Waals surface area (Å²) in [6.07, 6.45) is 0. The summed E-state index contributed by atoms with van der Waals surface area (Å²) >= 11 is 5.77. The van der Waals surface area contributed by atoms with Crippen molar-refractivity contribution in [1.29, 1.82) is 0 Å². The Balaban J connectivity index is 2.95. The summed E-state index contributed by atoms with van der Waals surface area (Å²) in [5.41, 5.74) is 1.09. The van der Waals surface area contributed by atoms with Crippen LogP contribution in [0, 0.1) is 11.7 Å². The lowest BCUT2D eigenvalue weighted by molar-refractivity contribution is 0.477. The molecule has 1 atom stereocenters. The zero-order valence-electron chi connectivity index (χ0n) is 9.35. The van der Waals surface area contributed by atoms with Crippen LogP contribution in [0.1, 0.15) is 25.3 Å². The van der Waals surface area contributed by atoms with Crippen LogP contribution in [0.5, 0.6) is 0 Å². The minimum Gasteiger partial charge on any atom is -0.319 e. The van der Waals surface area contributed by atoms with Crippen LogP contribution in [0.3, 0.4) is 0 Å². The molecule has 1 nitrogen and oxygen atoms in total. The highest BCUT2D eigenvalue weighted by molar-refractivity contribution is 6.30. The molecule has 1 rings (SSSR count). The Bertz CT molecular complexity index is 325. The second-order valence-electron chi connectivity index (χ2n) is 4.08. The average Bonchev–Trinajstić information content (AvgIpc) is 2.18. The van der Waals surface area contributed by atoms with E-state index >= 15 is 0 Å². The van der Waals surface area contributed by atoms with Crippen LogP contribution < -0.4 is 5.32 Å². The average molecular weight is 230 g/mol. The Morgan fingerprint density at radius 2 is 2.07 bits per heavy atom. The smallest absolute Gasteiger partial charge is 0.141 e. The van der Waals surface area contributed by atoms with Crippen molar-refractivity contribution in [2.75, 3.05) is 13.6 Å². The highest BCUT2D eigenvalue weighted by atomic mass is 35.5. The third-order valence-corrected chi connectivity index (χ3v) is 2.89. The van der Waals surface area contributed by atoms with Crippen molar-refractivity contribution in [2.45, 2.75) is 19.8 Å². The first-order valence-corrected chi connectivity index (χ1v) is 5.53. The van der Waals surface area contributed by atoms with Gasteiger partial charge in [-0.3, -0.25) is 0 Å². The molecular weight excluding hydrogens is 213 g/mol. The van der Waals surface area contributed by atoms with Crippen LogP contribution >= 0.6 is 11.6 Å². The lowest BCUT2D eigenvalue weighted by Gasteiger charge is -2.21. The second kappa shape index (κ2) is 5.47. The van der Waals surface area contributed by atoms with Crippen LogP contribution in [0.15, 0.2) is 18.2 Å². The lowest BCUT2D eigenvalue weighted by Crippen LogP contribution is -2.21. The molecule has 0 aliphatic heterocycles. The van der Waals surface area contributed by atoms with Crippen LogP contribution in [0.2, 0.25) is 5.02 Å². The minimum absolute atomic E-state index is 0.203. The van der Waals surface area contributed by atoms with Gasteiger partial charge in [0, 0.05) is 6.54 Å². The fourth-order valence-corrected chi connectivity index (χ4v) is 1.89. The summed E-state index contributed by atoms with van der Waals surface area (Å²) in [4.78, 5) is 0. The first kappa shape index (κ1) is 12.5. The fraction of sp³-hybridized carbons (Fsp3) is 0.500. The molecule has 0 saturated carbocycles. The molecule has 0 fully saturated rings. The van der Waals surface area contributed by atoms with Crippen molar-refractivity contribution < 1.29 is 4.39 Å². The maximum Gasteiger partial charge on any atom is 0.141 e. The highest BCUT2D eigenvalue weighted by Gasteiger charge is 2.15. The molecule has 1 aromatic carbocycles. The van der Waals surface area contributed by atoms with E-state index in [0.29, 0.717) is 11.8 Å². The number of likely N-dealkylation sites (N-methyl/N-ethyl adjacent to an activating group) is 1. The number of hydrogen-bond donors (Lipinski definition) is 1. The molecule has 1 unspecified atom stereocenters. The van der Waals surface area contributed by atoms with E-state index in [1.165, 1.54) is 6.07 Å². The van der Waals surface area contributed by atoms with Gasteiger partial charge in [-0.1, -0.05) is 31.5 Å². The van der Waals surface area contributed by atoms with Crippen LogP contribution in [-0.2, 0) is 0 Å². The summed E-state index contributed by atoms with van der Waals surface area (Å²) in [6.45, 7) is 5.18. The number of rotatable bonds is 4. The zero-order chi connectivity index (χ0) is 11.4. The van der Waals surface area contributed by atoms with E-state index in [2.05, 4.69) is 19.2 Å². The second-order valence-corrected chi connectivity index (χ2v) is 4.49. The summed E-state index contributed by atoms with van der Waals surface area (Å²) in [7, 11) is 1.92. The van der Waals surface area contributed by atoms with Gasteiger partial charge in [-0.25, -0.2) is 4.39 Å². The van der Waals surface area contributed by atoms with Gasteiger partial charge in [0.15, 0.2) is 0 Å². The Hall–Kier alpha value is -0.600. The standard InChI is InChI=1S/C12H17ClFN/c1-8(2)10(7-15-3)9-4-5-12(14)11(13)6-9/h4-6,8,10,15H,7H2,1-3H3. The van der Waals surface area contributed by atoms with Crippen LogP contribution in [0.25, 0.3) is 0 Å². The normalized spacial score (nSPS) is 13.2. The van der Waals surface area contributed by atoms with E-state index in [0.717, 1.165) is 12.1 Å². The van der Waals surface area contributed by atoms with Gasteiger partial charge in [-0.15, -0.1) is 0 Å². The van der Waals surface area contributed by atoms with Gasteiger partial charge in [0.1, 0.15) is 5.82 Å². The molecule has 1 aromatic rings. The van der Waals surface area contributed by atoms with Gasteiger partial charge in [0.05, 0.1) is 5.02 Å². The van der Waals surface area contributed by atoms with Gasteiger partial charge >= 0.3 is 0 Å². The van der Waals surface area contributed by atoms with Crippen molar-refractivity contribution >= 4 is 11.6 Å². The summed E-state index contributed by atoms with van der Waals surface area (Å²) < 4.78 is 13.0. The zero-order valence-corrected chi connectivity index (χ0v) is 10.1. The summed E-state index contributed by atoms with van der Waals surface area (Å²) in [5, 5.41) is 3.35. The maximum absolute atomic E-state index is 13.0. The molecule has 0 aromatic heterocycles. The van der Waals surface area contributed by atoms with E-state index in [4.69, 9.17) is 11.6 Å². The van der Waals surface area contributed by atoms with Gasteiger partial charge in [0.25, 0.3) is 0 Å². The molecule has 15 heavy (non-hydrogen) atoms. The summed E-state index contributed by atoms with van der Waals surface area (Å²) in [6, 6.07) is 4.96. The molecule has 1 N–H and O–H groups in total. The molecule has 0 bridgehead atoms. The van der Waals surface area contributed by atoms with E-state index in [1.54, 1.807) is 6.07 Å². The van der Waals surface area contributed by atoms with Gasteiger partial charge in [-0.05, 0) is 36.6 Å². The molecule has 0 amide bonds. The van der Waals surface area contributed by atoms with E-state index < -0.39 is 0 Å².